The highest BCUT2D eigenvalue weighted by molar-refractivity contribution is 6.35. The number of nitrogens with one attached hydrogen (secondary N) is 2. The average molecular weight is 332 g/mol. The largest absolute Gasteiger partial charge is 0.463 e. The van der Waals surface area contributed by atoms with Crippen molar-refractivity contribution >= 4 is 34.3 Å². The molecule has 118 valence electrons. The van der Waals surface area contributed by atoms with Gasteiger partial charge in [-0.25, -0.2) is 0 Å². The summed E-state index contributed by atoms with van der Waals surface area (Å²) in [5, 5.41) is 11.0. The van der Waals surface area contributed by atoms with Gasteiger partial charge in [-0.15, -0.1) is 0 Å². The van der Waals surface area contributed by atoms with E-state index in [-0.39, 0.29) is 12.0 Å². The van der Waals surface area contributed by atoms with Crippen LogP contribution in [0.15, 0.2) is 34.9 Å². The highest BCUT2D eigenvalue weighted by atomic mass is 35.5. The maximum absolute atomic E-state index is 12.5. The summed E-state index contributed by atoms with van der Waals surface area (Å²) in [7, 11) is 0. The van der Waals surface area contributed by atoms with E-state index in [1.807, 2.05) is 0 Å². The second kappa shape index (κ2) is 5.72. The average Bonchev–Trinajstić information content (AvgIpc) is 3.28. The molecule has 7 heteroatoms. The zero-order chi connectivity index (χ0) is 15.8. The molecule has 0 spiro atoms. The number of aromatic amines is 1. The fourth-order valence-corrected chi connectivity index (χ4v) is 3.01. The van der Waals surface area contributed by atoms with E-state index in [0.29, 0.717) is 27.4 Å². The monoisotopic (exact) mass is 331 g/mol. The van der Waals surface area contributed by atoms with Crippen molar-refractivity contribution in [3.05, 3.63) is 46.8 Å². The van der Waals surface area contributed by atoms with E-state index < -0.39 is 0 Å². The van der Waals surface area contributed by atoms with Gasteiger partial charge in [-0.05, 0) is 31.0 Å². The summed E-state index contributed by atoms with van der Waals surface area (Å²) in [6.45, 7) is 0.759. The maximum atomic E-state index is 12.5. The van der Waals surface area contributed by atoms with Crippen LogP contribution in [0.25, 0.3) is 11.0 Å². The van der Waals surface area contributed by atoms with Crippen LogP contribution >= 0.6 is 11.6 Å². The number of hydrogen-bond acceptors (Lipinski definition) is 4. The Morgan fingerprint density at radius 2 is 2.30 bits per heavy atom. The van der Waals surface area contributed by atoms with E-state index in [4.69, 9.17) is 20.8 Å². The summed E-state index contributed by atoms with van der Waals surface area (Å²) in [5.74, 6) is 0.200. The number of amides is 1. The van der Waals surface area contributed by atoms with E-state index in [1.54, 1.807) is 24.3 Å². The second-order valence-corrected chi connectivity index (χ2v) is 5.83. The lowest BCUT2D eigenvalue weighted by molar-refractivity contribution is 0.102. The predicted molar refractivity (Wildman–Crippen MR) is 85.7 cm³/mol. The number of benzene rings is 1. The topological polar surface area (TPSA) is 80.1 Å². The van der Waals surface area contributed by atoms with Gasteiger partial charge in [0.05, 0.1) is 28.6 Å². The van der Waals surface area contributed by atoms with Gasteiger partial charge in [-0.1, -0.05) is 11.6 Å². The molecule has 2 N–H and O–H groups in total. The number of nitrogens with zero attached hydrogens (tertiary/aromatic N) is 1. The normalized spacial score (nSPS) is 17.7. The Morgan fingerprint density at radius 3 is 3.13 bits per heavy atom. The van der Waals surface area contributed by atoms with E-state index in [0.717, 1.165) is 25.1 Å². The molecule has 1 atom stereocenters. The van der Waals surface area contributed by atoms with Crippen molar-refractivity contribution in [3.8, 4) is 0 Å². The Bertz CT molecular complexity index is 864. The van der Waals surface area contributed by atoms with Gasteiger partial charge in [0.25, 0.3) is 5.91 Å². The van der Waals surface area contributed by atoms with Gasteiger partial charge in [0, 0.05) is 18.1 Å². The number of hydrogen-bond donors (Lipinski definition) is 2. The number of fused-ring (bicyclic) bond motifs is 1. The molecule has 4 rings (SSSR count). The highest BCUT2D eigenvalue weighted by Crippen LogP contribution is 2.30. The zero-order valence-corrected chi connectivity index (χ0v) is 12.9. The molecule has 1 aliphatic rings. The zero-order valence-electron chi connectivity index (χ0n) is 12.1. The van der Waals surface area contributed by atoms with Gasteiger partial charge < -0.3 is 14.5 Å². The minimum Gasteiger partial charge on any atom is -0.463 e. The minimum absolute atomic E-state index is 0.0317. The van der Waals surface area contributed by atoms with Gasteiger partial charge in [0.15, 0.2) is 11.4 Å². The molecular formula is C16H14ClN3O3. The molecule has 1 unspecified atom stereocenters. The minimum atomic E-state index is -0.265. The number of ether oxygens (including phenoxy) is 1. The standard InChI is InChI=1S/C16H14ClN3O3/c17-11-4-3-10(9-5-7-23-15(9)11)16(21)18-14-8-12(19-20-14)13-2-1-6-22-13/h3-5,7-8,13H,1-2,6H2,(H2,18,19,20,21). The van der Waals surface area contributed by atoms with Crippen molar-refractivity contribution in [2.24, 2.45) is 0 Å². The van der Waals surface area contributed by atoms with Gasteiger partial charge in [0.2, 0.25) is 0 Å². The lowest BCUT2D eigenvalue weighted by Gasteiger charge is -2.05. The van der Waals surface area contributed by atoms with E-state index in [9.17, 15) is 4.79 Å². The SMILES string of the molecule is O=C(Nc1cc(C2CCCO2)[nH]n1)c1ccc(Cl)c2occc12. The summed E-state index contributed by atoms with van der Waals surface area (Å²) in [4.78, 5) is 12.5. The van der Waals surface area contributed by atoms with Crippen LogP contribution < -0.4 is 5.32 Å². The summed E-state index contributed by atoms with van der Waals surface area (Å²) < 4.78 is 10.9. The summed E-state index contributed by atoms with van der Waals surface area (Å²) >= 11 is 6.05. The number of carbonyl (C=O) groups is 1. The van der Waals surface area contributed by atoms with Gasteiger partial charge >= 0.3 is 0 Å². The van der Waals surface area contributed by atoms with Gasteiger partial charge in [0.1, 0.15) is 0 Å². The van der Waals surface area contributed by atoms with Crippen molar-refractivity contribution in [1.29, 1.82) is 0 Å². The molecule has 3 aromatic rings. The van der Waals surface area contributed by atoms with Crippen LogP contribution in [0.4, 0.5) is 5.82 Å². The Morgan fingerprint density at radius 1 is 1.39 bits per heavy atom. The molecule has 1 fully saturated rings. The number of anilines is 1. The molecule has 6 nitrogen and oxygen atoms in total. The summed E-state index contributed by atoms with van der Waals surface area (Å²) in [5.41, 5.74) is 1.86. The van der Waals surface area contributed by atoms with Gasteiger partial charge in [-0.2, -0.15) is 5.10 Å². The number of aromatic nitrogens is 2. The third-order valence-electron chi connectivity index (χ3n) is 3.93. The first-order valence-corrected chi connectivity index (χ1v) is 7.74. The number of H-pyrrole nitrogens is 1. The number of carbonyl (C=O) groups excluding carboxylic acids is 1. The molecule has 1 aliphatic heterocycles. The smallest absolute Gasteiger partial charge is 0.257 e. The van der Waals surface area contributed by atoms with Crippen LogP contribution in [0.2, 0.25) is 5.02 Å². The lowest BCUT2D eigenvalue weighted by Crippen LogP contribution is -2.12. The van der Waals surface area contributed by atoms with Crippen LogP contribution in [0, 0.1) is 0 Å². The highest BCUT2D eigenvalue weighted by Gasteiger charge is 2.21. The third-order valence-corrected chi connectivity index (χ3v) is 4.23. The molecule has 1 amide bonds. The van der Waals surface area contributed by atoms with E-state index in [2.05, 4.69) is 15.5 Å². The molecule has 0 aliphatic carbocycles. The van der Waals surface area contributed by atoms with Crippen LogP contribution in [-0.4, -0.2) is 22.7 Å². The van der Waals surface area contributed by atoms with Crippen LogP contribution in [0.5, 0.6) is 0 Å². The second-order valence-electron chi connectivity index (χ2n) is 5.42. The van der Waals surface area contributed by atoms with Crippen LogP contribution in [0.3, 0.4) is 0 Å². The Labute approximate surface area is 136 Å². The quantitative estimate of drug-likeness (QED) is 0.762. The van der Waals surface area contributed by atoms with Crippen molar-refractivity contribution < 1.29 is 13.9 Å². The lowest BCUT2D eigenvalue weighted by atomic mass is 10.1. The molecule has 0 saturated carbocycles. The summed E-state index contributed by atoms with van der Waals surface area (Å²) in [6, 6.07) is 6.84. The predicted octanol–water partition coefficient (Wildman–Crippen LogP) is 3.91. The fraction of sp³-hybridized carbons (Fsp3) is 0.250. The van der Waals surface area contributed by atoms with E-state index >= 15 is 0 Å². The van der Waals surface area contributed by atoms with Crippen LogP contribution in [-0.2, 0) is 4.74 Å². The first-order valence-electron chi connectivity index (χ1n) is 7.36. The Kier molecular flexibility index (Phi) is 3.55. The summed E-state index contributed by atoms with van der Waals surface area (Å²) in [6.07, 6.45) is 3.54. The molecule has 23 heavy (non-hydrogen) atoms. The number of rotatable bonds is 3. The molecular weight excluding hydrogens is 318 g/mol. The molecule has 1 aromatic carbocycles. The molecule has 0 radical (unpaired) electrons. The third kappa shape index (κ3) is 2.60. The van der Waals surface area contributed by atoms with Crippen molar-refractivity contribution in [1.82, 2.24) is 10.2 Å². The maximum Gasteiger partial charge on any atom is 0.257 e. The molecule has 1 saturated heterocycles. The first kappa shape index (κ1) is 14.3. The molecule has 3 heterocycles. The molecule has 0 bridgehead atoms. The first-order chi connectivity index (χ1) is 11.2. The number of furan rings is 1. The fourth-order valence-electron chi connectivity index (χ4n) is 2.80. The van der Waals surface area contributed by atoms with Crippen molar-refractivity contribution in [3.63, 3.8) is 0 Å². The van der Waals surface area contributed by atoms with Crippen molar-refractivity contribution in [2.75, 3.05) is 11.9 Å². The molecule has 2 aromatic heterocycles. The Hall–Kier alpha value is -2.31. The van der Waals surface area contributed by atoms with Gasteiger partial charge in [-0.3, -0.25) is 9.89 Å². The van der Waals surface area contributed by atoms with Crippen molar-refractivity contribution in [2.45, 2.75) is 18.9 Å². The van der Waals surface area contributed by atoms with E-state index in [1.165, 1.54) is 6.26 Å². The Balaban J connectivity index is 1.57. The number of halogens is 1. The van der Waals surface area contributed by atoms with Crippen LogP contribution in [0.1, 0.15) is 35.0 Å².